The van der Waals surface area contributed by atoms with Gasteiger partial charge in [-0.3, -0.25) is 0 Å². The number of rotatable bonds is 10. The molecule has 0 aliphatic carbocycles. The molecule has 6 heteroatoms. The molecule has 1 aliphatic heterocycles. The molecule has 0 spiro atoms. The van der Waals surface area contributed by atoms with E-state index in [2.05, 4.69) is 30.9 Å². The van der Waals surface area contributed by atoms with E-state index in [0.717, 1.165) is 66.6 Å². The van der Waals surface area contributed by atoms with Crippen molar-refractivity contribution >= 4 is 29.1 Å². The number of ether oxygens (including phenoxy) is 1. The van der Waals surface area contributed by atoms with Crippen LogP contribution in [0.5, 0.6) is 5.75 Å². The van der Waals surface area contributed by atoms with Crippen molar-refractivity contribution < 1.29 is 19.0 Å². The molecule has 0 saturated carbocycles. The summed E-state index contributed by atoms with van der Waals surface area (Å²) in [5.41, 5.74) is 2.02. The highest BCUT2D eigenvalue weighted by Gasteiger charge is 2.36. The topological polar surface area (TPSA) is 49.8 Å². The molecule has 1 aliphatic rings. The van der Waals surface area contributed by atoms with Crippen molar-refractivity contribution in [3.8, 4) is 5.75 Å². The lowest BCUT2D eigenvalue weighted by molar-refractivity contribution is -0.131. The quantitative estimate of drug-likeness (QED) is 0.297. The number of carboxylic acids is 1. The van der Waals surface area contributed by atoms with Crippen molar-refractivity contribution in [3.63, 3.8) is 0 Å². The number of anilines is 2. The van der Waals surface area contributed by atoms with Gasteiger partial charge in [-0.05, 0) is 36.5 Å². The molecule has 3 rings (SSSR count). The Bertz CT molecular complexity index is 924. The third kappa shape index (κ3) is 6.06. The summed E-state index contributed by atoms with van der Waals surface area (Å²) < 4.78 is 20.3. The highest BCUT2D eigenvalue weighted by molar-refractivity contribution is 7.99. The van der Waals surface area contributed by atoms with Crippen molar-refractivity contribution in [2.24, 2.45) is 5.41 Å². The van der Waals surface area contributed by atoms with Gasteiger partial charge < -0.3 is 14.7 Å². The normalized spacial score (nSPS) is 15.4. The lowest BCUT2D eigenvalue weighted by Gasteiger charge is -2.37. The summed E-state index contributed by atoms with van der Waals surface area (Å²) in [6.07, 6.45) is 8.80. The Balaban J connectivity index is 2.03. The highest BCUT2D eigenvalue weighted by Crippen LogP contribution is 2.48. The van der Waals surface area contributed by atoms with Crippen LogP contribution in [0.2, 0.25) is 0 Å². The predicted molar refractivity (Wildman–Crippen MR) is 129 cm³/mol. The number of carbonyl (C=O) groups is 1. The lowest BCUT2D eigenvalue weighted by Crippen LogP contribution is -2.36. The number of carboxylic acid groups (broad SMARTS) is 1. The van der Waals surface area contributed by atoms with Gasteiger partial charge in [0.25, 0.3) is 0 Å². The van der Waals surface area contributed by atoms with Gasteiger partial charge in [0.2, 0.25) is 0 Å². The molecule has 32 heavy (non-hydrogen) atoms. The number of para-hydroxylation sites is 1. The van der Waals surface area contributed by atoms with Gasteiger partial charge in [0.15, 0.2) is 11.6 Å². The number of benzene rings is 2. The maximum absolute atomic E-state index is 15.0. The van der Waals surface area contributed by atoms with Gasteiger partial charge in [-0.25, -0.2) is 9.18 Å². The van der Waals surface area contributed by atoms with Gasteiger partial charge >= 0.3 is 5.97 Å². The van der Waals surface area contributed by atoms with Crippen LogP contribution in [0.3, 0.4) is 0 Å². The van der Waals surface area contributed by atoms with E-state index in [9.17, 15) is 9.18 Å². The molecule has 0 saturated heterocycles. The lowest BCUT2D eigenvalue weighted by atomic mass is 9.79. The number of hydrogen-bond donors (Lipinski definition) is 1. The zero-order valence-electron chi connectivity index (χ0n) is 18.9. The molecule has 0 atom stereocenters. The van der Waals surface area contributed by atoms with Crippen LogP contribution in [0.1, 0.15) is 52.4 Å². The maximum atomic E-state index is 15.0. The Morgan fingerprint density at radius 2 is 1.88 bits per heavy atom. The average Bonchev–Trinajstić information content (AvgIpc) is 2.94. The molecule has 1 N–H and O–H groups in total. The number of unbranched alkanes of at least 4 members (excludes halogenated alkanes) is 2. The minimum atomic E-state index is -1.14. The molecule has 0 radical (unpaired) electrons. The first kappa shape index (κ1) is 24.2. The molecule has 0 amide bonds. The van der Waals surface area contributed by atoms with Crippen molar-refractivity contribution in [1.82, 2.24) is 0 Å². The second kappa shape index (κ2) is 11.4. The third-order valence-electron chi connectivity index (χ3n) is 5.93. The monoisotopic (exact) mass is 457 g/mol. The molecule has 0 bridgehead atoms. The van der Waals surface area contributed by atoms with Gasteiger partial charge in [0, 0.05) is 28.9 Å². The van der Waals surface area contributed by atoms with Crippen molar-refractivity contribution in [3.05, 3.63) is 60.6 Å². The molecular weight excluding hydrogens is 425 g/mol. The molecule has 0 fully saturated rings. The zero-order chi connectivity index (χ0) is 23.0. The number of hydrogen-bond acceptors (Lipinski definition) is 4. The second-order valence-electron chi connectivity index (χ2n) is 8.43. The Kier molecular flexibility index (Phi) is 8.62. The Morgan fingerprint density at radius 1 is 1.19 bits per heavy atom. The summed E-state index contributed by atoms with van der Waals surface area (Å²) in [5.74, 6) is -0.646. The Hall–Kier alpha value is -2.47. The van der Waals surface area contributed by atoms with E-state index in [4.69, 9.17) is 9.84 Å². The smallest absolute Gasteiger partial charge is 0.331 e. The van der Waals surface area contributed by atoms with Crippen LogP contribution >= 0.6 is 11.8 Å². The number of aliphatic carboxylic acids is 1. The van der Waals surface area contributed by atoms with E-state index in [1.165, 1.54) is 18.9 Å². The predicted octanol–water partition coefficient (Wildman–Crippen LogP) is 7.41. The fraction of sp³-hybridized carbons (Fsp3) is 0.423. The molecule has 172 valence electrons. The minimum Gasteiger partial charge on any atom is -0.478 e. The van der Waals surface area contributed by atoms with Gasteiger partial charge in [0.1, 0.15) is 0 Å². The van der Waals surface area contributed by atoms with E-state index in [0.29, 0.717) is 0 Å². The molecule has 1 heterocycles. The molecule has 2 aromatic carbocycles. The molecule has 4 nitrogen and oxygen atoms in total. The number of nitrogens with zero attached hydrogens (tertiary/aromatic N) is 1. The largest absolute Gasteiger partial charge is 0.478 e. The summed E-state index contributed by atoms with van der Waals surface area (Å²) >= 11 is 1.75. The van der Waals surface area contributed by atoms with E-state index in [1.807, 2.05) is 18.2 Å². The van der Waals surface area contributed by atoms with Gasteiger partial charge in [-0.1, -0.05) is 57.7 Å². The molecule has 2 aromatic rings. The standard InChI is InChI=1S/C26H32FNO3S/c1-3-5-13-26(14-6-4-2)18-28(20-10-8-7-9-11-20)22-16-21(27)23(17-24(22)32-19-26)31-15-12-25(29)30/h7-12,15-17H,3-6,13-14,18-19H2,1-2H3,(H,29,30)/b15-12+. The van der Waals surface area contributed by atoms with E-state index < -0.39 is 11.8 Å². The van der Waals surface area contributed by atoms with Crippen molar-refractivity contribution in [1.29, 1.82) is 0 Å². The van der Waals surface area contributed by atoms with Crippen LogP contribution in [-0.4, -0.2) is 23.4 Å². The van der Waals surface area contributed by atoms with Crippen LogP contribution in [-0.2, 0) is 4.79 Å². The third-order valence-corrected chi connectivity index (χ3v) is 7.32. The first-order valence-corrected chi connectivity index (χ1v) is 12.3. The van der Waals surface area contributed by atoms with E-state index in [1.54, 1.807) is 17.8 Å². The SMILES string of the molecule is CCCCC1(CCCC)CSc2cc(O/C=C/C(=O)O)c(F)cc2N(c2ccccc2)C1. The Morgan fingerprint density at radius 3 is 2.50 bits per heavy atom. The fourth-order valence-corrected chi connectivity index (χ4v) is 5.52. The Labute approximate surface area is 194 Å². The number of thioether (sulfide) groups is 1. The van der Waals surface area contributed by atoms with Gasteiger partial charge in [-0.2, -0.15) is 0 Å². The van der Waals surface area contributed by atoms with Crippen LogP contribution in [0.25, 0.3) is 0 Å². The fourth-order valence-electron chi connectivity index (χ4n) is 4.17. The number of halogens is 1. The van der Waals surface area contributed by atoms with Gasteiger partial charge in [-0.15, -0.1) is 11.8 Å². The van der Waals surface area contributed by atoms with Gasteiger partial charge in [0.05, 0.1) is 18.0 Å². The zero-order valence-corrected chi connectivity index (χ0v) is 19.7. The van der Waals surface area contributed by atoms with Crippen molar-refractivity contribution in [2.75, 3.05) is 17.2 Å². The molecule has 0 aromatic heterocycles. The molecular formula is C26H32FNO3S. The summed E-state index contributed by atoms with van der Waals surface area (Å²) in [6.45, 7) is 5.30. The van der Waals surface area contributed by atoms with E-state index >= 15 is 0 Å². The maximum Gasteiger partial charge on any atom is 0.331 e. The highest BCUT2D eigenvalue weighted by atomic mass is 32.2. The summed E-state index contributed by atoms with van der Waals surface area (Å²) in [6, 6.07) is 13.4. The van der Waals surface area contributed by atoms with Crippen molar-refractivity contribution in [2.45, 2.75) is 57.3 Å². The molecule has 0 unspecified atom stereocenters. The summed E-state index contributed by atoms with van der Waals surface area (Å²) in [4.78, 5) is 13.9. The van der Waals surface area contributed by atoms with Crippen LogP contribution in [0.15, 0.2) is 59.7 Å². The van der Waals surface area contributed by atoms with Crippen LogP contribution < -0.4 is 9.64 Å². The second-order valence-corrected chi connectivity index (χ2v) is 9.44. The van der Waals surface area contributed by atoms with Crippen LogP contribution in [0.4, 0.5) is 15.8 Å². The number of fused-ring (bicyclic) bond motifs is 1. The average molecular weight is 458 g/mol. The first-order chi connectivity index (χ1) is 15.5. The summed E-state index contributed by atoms with van der Waals surface area (Å²) in [5, 5.41) is 8.78. The summed E-state index contributed by atoms with van der Waals surface area (Å²) in [7, 11) is 0. The van der Waals surface area contributed by atoms with Crippen LogP contribution in [0, 0.1) is 11.2 Å². The minimum absolute atomic E-state index is 0.0383. The first-order valence-electron chi connectivity index (χ1n) is 11.3. The van der Waals surface area contributed by atoms with E-state index in [-0.39, 0.29) is 11.2 Å².